The Morgan fingerprint density at radius 1 is 0.971 bits per heavy atom. The summed E-state index contributed by atoms with van der Waals surface area (Å²) in [5.41, 5.74) is 4.17. The van der Waals surface area contributed by atoms with Crippen molar-refractivity contribution in [3.63, 3.8) is 0 Å². The molecule has 0 aliphatic rings. The molecule has 1 unspecified atom stereocenters. The van der Waals surface area contributed by atoms with E-state index in [2.05, 4.69) is 55.7 Å². The van der Waals surface area contributed by atoms with Crippen molar-refractivity contribution in [3.05, 3.63) is 87.4 Å². The predicted molar refractivity (Wildman–Crippen MR) is 136 cm³/mol. The number of nitrogens with one attached hydrogen (secondary N) is 2. The lowest BCUT2D eigenvalue weighted by Crippen LogP contribution is -2.49. The van der Waals surface area contributed by atoms with Gasteiger partial charge in [0.05, 0.1) is 23.9 Å². The lowest BCUT2D eigenvalue weighted by Gasteiger charge is -2.23. The topological polar surface area (TPSA) is 80.3 Å². The number of thiazole rings is 1. The van der Waals surface area contributed by atoms with Crippen LogP contribution < -0.4 is 10.6 Å². The minimum Gasteiger partial charge on any atom is -0.453 e. The molecule has 0 fully saturated rings. The van der Waals surface area contributed by atoms with Gasteiger partial charge in [0.15, 0.2) is 0 Å². The van der Waals surface area contributed by atoms with E-state index < -0.39 is 12.1 Å². The zero-order chi connectivity index (χ0) is 24.5. The summed E-state index contributed by atoms with van der Waals surface area (Å²) in [6, 6.07) is 17.0. The molecule has 2 amide bonds. The smallest absolute Gasteiger partial charge is 0.407 e. The molecule has 34 heavy (non-hydrogen) atoms. The average Bonchev–Trinajstić information content (AvgIpc) is 3.33. The Kier molecular flexibility index (Phi) is 9.22. The van der Waals surface area contributed by atoms with Gasteiger partial charge in [-0.25, -0.2) is 9.78 Å². The lowest BCUT2D eigenvalue weighted by atomic mass is 9.98. The molecule has 0 saturated carbocycles. The summed E-state index contributed by atoms with van der Waals surface area (Å²) in [6.45, 7) is 6.40. The highest BCUT2D eigenvalue weighted by Crippen LogP contribution is 2.23. The van der Waals surface area contributed by atoms with Crippen LogP contribution >= 0.6 is 11.3 Å². The van der Waals surface area contributed by atoms with Crippen LogP contribution in [-0.4, -0.2) is 30.1 Å². The second-order valence-corrected chi connectivity index (χ2v) is 9.50. The van der Waals surface area contributed by atoms with E-state index in [4.69, 9.17) is 9.72 Å². The standard InChI is InChI=1S/C27H33N3O3S/c1-5-25-28-24(17-34-25)22(15-20-11-13-21(14-12-20)18(2)3)29-26(31)23(30-27(32)33-4)16-19-9-7-6-8-10-19/h6-14,17-18,22-23H,5,15-16H2,1-4H3,(H,29,31)(H,30,32)/t22?,23-/m0/s1. The van der Waals surface area contributed by atoms with Crippen LogP contribution in [0.2, 0.25) is 0 Å². The fraction of sp³-hybridized carbons (Fsp3) is 0.370. The van der Waals surface area contributed by atoms with Gasteiger partial charge in [-0.2, -0.15) is 0 Å². The fourth-order valence-corrected chi connectivity index (χ4v) is 4.48. The minimum absolute atomic E-state index is 0.274. The number of hydrogen-bond acceptors (Lipinski definition) is 5. The molecular formula is C27H33N3O3S. The Labute approximate surface area is 205 Å². The maximum Gasteiger partial charge on any atom is 0.407 e. The molecule has 3 rings (SSSR count). The molecule has 2 atom stereocenters. The van der Waals surface area contributed by atoms with Gasteiger partial charge in [-0.15, -0.1) is 11.3 Å². The number of alkyl carbamates (subject to hydrolysis) is 1. The molecule has 3 aromatic rings. The molecule has 0 spiro atoms. The van der Waals surface area contributed by atoms with E-state index in [-0.39, 0.29) is 11.9 Å². The lowest BCUT2D eigenvalue weighted by molar-refractivity contribution is -0.123. The number of benzene rings is 2. The van der Waals surface area contributed by atoms with Gasteiger partial charge in [-0.1, -0.05) is 75.4 Å². The molecule has 2 N–H and O–H groups in total. The van der Waals surface area contributed by atoms with Crippen LogP contribution in [0, 0.1) is 0 Å². The van der Waals surface area contributed by atoms with Crippen molar-refractivity contribution >= 4 is 23.3 Å². The highest BCUT2D eigenvalue weighted by atomic mass is 32.1. The van der Waals surface area contributed by atoms with Gasteiger partial charge in [0.25, 0.3) is 0 Å². The van der Waals surface area contributed by atoms with Crippen LogP contribution in [-0.2, 0) is 28.8 Å². The molecule has 0 saturated heterocycles. The third-order valence-electron chi connectivity index (χ3n) is 5.71. The van der Waals surface area contributed by atoms with E-state index in [0.717, 1.165) is 28.2 Å². The molecule has 0 aliphatic carbocycles. The normalized spacial score (nSPS) is 12.7. The summed E-state index contributed by atoms with van der Waals surface area (Å²) in [5, 5.41) is 8.85. The Hall–Kier alpha value is -3.19. The van der Waals surface area contributed by atoms with E-state index in [1.807, 2.05) is 35.7 Å². The summed E-state index contributed by atoms with van der Waals surface area (Å²) in [5.74, 6) is 0.183. The zero-order valence-electron chi connectivity index (χ0n) is 20.2. The Bertz CT molecular complexity index is 1060. The molecular weight excluding hydrogens is 446 g/mol. The average molecular weight is 480 g/mol. The van der Waals surface area contributed by atoms with Crippen LogP contribution in [0.5, 0.6) is 0 Å². The first-order valence-electron chi connectivity index (χ1n) is 11.6. The van der Waals surface area contributed by atoms with Crippen molar-refractivity contribution in [2.24, 2.45) is 0 Å². The van der Waals surface area contributed by atoms with Crippen molar-refractivity contribution in [2.45, 2.75) is 58.0 Å². The highest BCUT2D eigenvalue weighted by molar-refractivity contribution is 7.09. The summed E-state index contributed by atoms with van der Waals surface area (Å²) < 4.78 is 4.76. The SMILES string of the molecule is CCc1nc(C(Cc2ccc(C(C)C)cc2)NC(=O)[C@H](Cc2ccccc2)NC(=O)OC)cs1. The number of aromatic nitrogens is 1. The van der Waals surface area contributed by atoms with E-state index in [9.17, 15) is 9.59 Å². The summed E-state index contributed by atoms with van der Waals surface area (Å²) in [4.78, 5) is 30.1. The first-order valence-corrected chi connectivity index (χ1v) is 12.5. The molecule has 0 aliphatic heterocycles. The third-order valence-corrected chi connectivity index (χ3v) is 6.72. The van der Waals surface area contributed by atoms with Crippen LogP contribution in [0.15, 0.2) is 60.0 Å². The maximum absolute atomic E-state index is 13.4. The third kappa shape index (κ3) is 7.15. The molecule has 1 aromatic heterocycles. The summed E-state index contributed by atoms with van der Waals surface area (Å²) >= 11 is 1.60. The molecule has 2 aromatic carbocycles. The molecule has 0 radical (unpaired) electrons. The van der Waals surface area contributed by atoms with Gasteiger partial charge in [0, 0.05) is 11.8 Å². The number of amides is 2. The first kappa shape index (κ1) is 25.4. The fourth-order valence-electron chi connectivity index (χ4n) is 3.68. The summed E-state index contributed by atoms with van der Waals surface area (Å²) in [6.07, 6.45) is 1.16. The monoisotopic (exact) mass is 479 g/mol. The van der Waals surface area contributed by atoms with Crippen LogP contribution in [0.4, 0.5) is 4.79 Å². The van der Waals surface area contributed by atoms with Crippen molar-refractivity contribution < 1.29 is 14.3 Å². The van der Waals surface area contributed by atoms with E-state index in [1.54, 1.807) is 11.3 Å². The molecule has 6 nitrogen and oxygen atoms in total. The van der Waals surface area contributed by atoms with Gasteiger partial charge >= 0.3 is 6.09 Å². The van der Waals surface area contributed by atoms with Gasteiger partial charge in [0.2, 0.25) is 5.91 Å². The van der Waals surface area contributed by atoms with Gasteiger partial charge < -0.3 is 15.4 Å². The minimum atomic E-state index is -0.773. The number of nitrogens with zero attached hydrogens (tertiary/aromatic N) is 1. The number of methoxy groups -OCH3 is 1. The van der Waals surface area contributed by atoms with Gasteiger partial charge in [-0.3, -0.25) is 4.79 Å². The number of hydrogen-bond donors (Lipinski definition) is 2. The van der Waals surface area contributed by atoms with Gasteiger partial charge in [-0.05, 0) is 35.4 Å². The van der Waals surface area contributed by atoms with Crippen molar-refractivity contribution in [2.75, 3.05) is 7.11 Å². The number of rotatable bonds is 10. The molecule has 180 valence electrons. The van der Waals surface area contributed by atoms with Crippen molar-refractivity contribution in [1.82, 2.24) is 15.6 Å². The number of carbonyl (C=O) groups is 2. The predicted octanol–water partition coefficient (Wildman–Crippen LogP) is 5.20. The second kappa shape index (κ2) is 12.3. The van der Waals surface area contributed by atoms with Crippen LogP contribution in [0.1, 0.15) is 60.1 Å². The molecule has 1 heterocycles. The quantitative estimate of drug-likeness (QED) is 0.419. The largest absolute Gasteiger partial charge is 0.453 e. The first-order chi connectivity index (χ1) is 16.4. The summed E-state index contributed by atoms with van der Waals surface area (Å²) in [7, 11) is 1.29. The molecule has 7 heteroatoms. The molecule has 0 bridgehead atoms. The maximum atomic E-state index is 13.4. The van der Waals surface area contributed by atoms with E-state index in [0.29, 0.717) is 18.8 Å². The van der Waals surface area contributed by atoms with Crippen LogP contribution in [0.25, 0.3) is 0 Å². The number of carbonyl (C=O) groups excluding carboxylic acids is 2. The van der Waals surface area contributed by atoms with Crippen molar-refractivity contribution in [1.29, 1.82) is 0 Å². The van der Waals surface area contributed by atoms with Gasteiger partial charge in [0.1, 0.15) is 6.04 Å². The highest BCUT2D eigenvalue weighted by Gasteiger charge is 2.26. The second-order valence-electron chi connectivity index (χ2n) is 8.56. The number of aryl methyl sites for hydroxylation is 1. The number of ether oxygens (including phenoxy) is 1. The zero-order valence-corrected chi connectivity index (χ0v) is 21.0. The van der Waals surface area contributed by atoms with Crippen molar-refractivity contribution in [3.8, 4) is 0 Å². The Morgan fingerprint density at radius 2 is 1.65 bits per heavy atom. The Morgan fingerprint density at radius 3 is 2.24 bits per heavy atom. The van der Waals surface area contributed by atoms with Crippen LogP contribution in [0.3, 0.4) is 0 Å². The Balaban J connectivity index is 1.83. The van der Waals surface area contributed by atoms with E-state index in [1.165, 1.54) is 12.7 Å². The van der Waals surface area contributed by atoms with E-state index >= 15 is 0 Å².